The predicted molar refractivity (Wildman–Crippen MR) is 227 cm³/mol. The molecule has 2 atom stereocenters. The highest BCUT2D eigenvalue weighted by Crippen LogP contribution is 2.00. The van der Waals surface area contributed by atoms with Crippen molar-refractivity contribution in [2.45, 2.75) is 122 Å². The Labute approximate surface area is 327 Å². The van der Waals surface area contributed by atoms with Crippen LogP contribution in [0.3, 0.4) is 0 Å². The second kappa shape index (κ2) is 92.8. The summed E-state index contributed by atoms with van der Waals surface area (Å²) in [5, 5.41) is 60.5. The minimum Gasteiger partial charge on any atom is -0.394 e. The molecular formula is C37H106O15. The summed E-state index contributed by atoms with van der Waals surface area (Å²) in [7, 11) is 0. The number of hydrogen-bond acceptors (Lipinski definition) is 15. The van der Waals surface area contributed by atoms with Gasteiger partial charge in [0.05, 0.1) is 132 Å². The van der Waals surface area contributed by atoms with Crippen LogP contribution in [0.1, 0.15) is 104 Å². The molecule has 0 radical (unpaired) electrons. The van der Waals surface area contributed by atoms with Crippen LogP contribution in [0.15, 0.2) is 0 Å². The molecule has 52 heavy (non-hydrogen) atoms. The van der Waals surface area contributed by atoms with E-state index in [0.717, 1.165) is 0 Å². The van der Waals surface area contributed by atoms with Gasteiger partial charge in [-0.3, -0.25) is 0 Å². The van der Waals surface area contributed by atoms with E-state index in [9.17, 15) is 0 Å². The maximum absolute atomic E-state index is 8.79. The van der Waals surface area contributed by atoms with Gasteiger partial charge >= 0.3 is 0 Å². The highest BCUT2D eigenvalue weighted by molar-refractivity contribution is 4.60. The first-order valence-corrected chi connectivity index (χ1v) is 12.6. The molecule has 0 fully saturated rings. The van der Waals surface area contributed by atoms with Gasteiger partial charge in [-0.15, -0.1) is 0 Å². The zero-order valence-corrected chi connectivity index (χ0v) is 22.3. The van der Waals surface area contributed by atoms with Crippen LogP contribution in [0.25, 0.3) is 0 Å². The molecule has 0 saturated heterocycles. The number of ether oxygens (including phenoxy) is 8. The van der Waals surface area contributed by atoms with Gasteiger partial charge in [0.25, 0.3) is 0 Å². The van der Waals surface area contributed by atoms with Crippen LogP contribution in [0.4, 0.5) is 0 Å². The maximum atomic E-state index is 8.79. The highest BCUT2D eigenvalue weighted by atomic mass is 16.6. The van der Waals surface area contributed by atoms with Crippen molar-refractivity contribution in [3.05, 3.63) is 0 Å². The maximum Gasteiger partial charge on any atom is 0.104 e. The molecule has 0 aliphatic carbocycles. The Bertz CT molecular complexity index is 399. The van der Waals surface area contributed by atoms with E-state index in [0.29, 0.717) is 13.2 Å². The van der Waals surface area contributed by atoms with Crippen LogP contribution in [0.5, 0.6) is 0 Å². The molecule has 0 bridgehead atoms. The van der Waals surface area contributed by atoms with Gasteiger partial charge in [-0.05, 0) is 0 Å². The van der Waals surface area contributed by atoms with E-state index >= 15 is 0 Å². The SMILES string of the molecule is C.C.C.C.C.C.C.C.C.C.C.C.C.C.OCCOCC(COCC(COCCO)OCCO)OCCO.OCCOCC(COCCO)OCCO. The standard InChI is InChI=1S/C14H30O9.C9H20O6.14CH4/c15-1-5-19-9-13(22-7-3-17)11-21-12-14(23-8-4-18)10-20-6-2-16;10-1-4-13-7-9(15-6-3-12)8-14-5-2-11;;;;;;;;;;;;;;/h13-18H,1-12H2;9-12H,1-8H2;14*1H4. The second-order valence-electron chi connectivity index (χ2n) is 7.38. The molecule has 7 N–H and O–H groups in total. The van der Waals surface area contributed by atoms with Gasteiger partial charge in [0.2, 0.25) is 0 Å². The molecule has 0 rings (SSSR count). The van der Waals surface area contributed by atoms with Gasteiger partial charge in [0.15, 0.2) is 0 Å². The third-order valence-corrected chi connectivity index (χ3v) is 4.10. The Morgan fingerprint density at radius 1 is 0.231 bits per heavy atom. The number of aliphatic hydroxyl groups excluding tert-OH is 7. The number of hydrogen-bond donors (Lipinski definition) is 7. The molecule has 0 aliphatic heterocycles. The third-order valence-electron chi connectivity index (χ3n) is 4.10. The second-order valence-corrected chi connectivity index (χ2v) is 7.38. The van der Waals surface area contributed by atoms with Gasteiger partial charge in [-0.25, -0.2) is 0 Å². The van der Waals surface area contributed by atoms with Crippen LogP contribution in [0.2, 0.25) is 0 Å². The fraction of sp³-hybridized carbons (Fsp3) is 1.00. The average molecular weight is 791 g/mol. The molecule has 15 nitrogen and oxygen atoms in total. The molecule has 0 spiro atoms. The highest BCUT2D eigenvalue weighted by Gasteiger charge is 2.14. The number of rotatable bonds is 29. The summed E-state index contributed by atoms with van der Waals surface area (Å²) in [4.78, 5) is 0. The lowest BCUT2D eigenvalue weighted by Crippen LogP contribution is -2.32. The minimum absolute atomic E-state index is 0. The van der Waals surface area contributed by atoms with Crippen molar-refractivity contribution >= 4 is 0 Å². The smallest absolute Gasteiger partial charge is 0.104 e. The van der Waals surface area contributed by atoms with Gasteiger partial charge < -0.3 is 73.6 Å². The van der Waals surface area contributed by atoms with Crippen molar-refractivity contribution in [3.63, 3.8) is 0 Å². The molecular weight excluding hydrogens is 684 g/mol. The summed E-state index contributed by atoms with van der Waals surface area (Å²) in [5.41, 5.74) is 0. The normalized spacial score (nSPS) is 9.46. The van der Waals surface area contributed by atoms with Crippen molar-refractivity contribution in [3.8, 4) is 0 Å². The molecule has 15 heteroatoms. The molecule has 0 saturated carbocycles. The van der Waals surface area contributed by atoms with Gasteiger partial charge in [-0.1, -0.05) is 104 Å². The first-order valence-electron chi connectivity index (χ1n) is 12.6. The van der Waals surface area contributed by atoms with Gasteiger partial charge in [0.1, 0.15) is 18.3 Å². The largest absolute Gasteiger partial charge is 0.394 e. The van der Waals surface area contributed by atoms with Crippen molar-refractivity contribution in [2.75, 3.05) is 132 Å². The first kappa shape index (κ1) is 104. The van der Waals surface area contributed by atoms with Gasteiger partial charge in [-0.2, -0.15) is 0 Å². The third kappa shape index (κ3) is 82.7. The summed E-state index contributed by atoms with van der Waals surface area (Å²) in [6, 6.07) is 0. The van der Waals surface area contributed by atoms with E-state index in [1.807, 2.05) is 0 Å². The molecule has 0 aromatic rings. The van der Waals surface area contributed by atoms with Gasteiger partial charge in [0, 0.05) is 0 Å². The Hall–Kier alpha value is -0.600. The molecule has 2 unspecified atom stereocenters. The lowest BCUT2D eigenvalue weighted by molar-refractivity contribution is -0.103. The van der Waals surface area contributed by atoms with Crippen molar-refractivity contribution < 1.29 is 73.6 Å². The summed E-state index contributed by atoms with van der Waals surface area (Å²) < 4.78 is 42.0. The zero-order chi connectivity index (χ0) is 28.5. The van der Waals surface area contributed by atoms with Crippen molar-refractivity contribution in [1.29, 1.82) is 0 Å². The lowest BCUT2D eigenvalue weighted by Gasteiger charge is -2.21. The van der Waals surface area contributed by atoms with Crippen molar-refractivity contribution in [2.24, 2.45) is 0 Å². The average Bonchev–Trinajstić information content (AvgIpc) is 2.93. The quantitative estimate of drug-likeness (QED) is 0.0493. The Morgan fingerprint density at radius 2 is 0.385 bits per heavy atom. The topological polar surface area (TPSA) is 215 Å². The molecule has 0 heterocycles. The van der Waals surface area contributed by atoms with E-state index < -0.39 is 0 Å². The molecule has 0 aromatic carbocycles. The van der Waals surface area contributed by atoms with E-state index in [-0.39, 0.29) is 241 Å². The van der Waals surface area contributed by atoms with Crippen LogP contribution in [-0.2, 0) is 37.9 Å². The molecule has 344 valence electrons. The van der Waals surface area contributed by atoms with Crippen LogP contribution in [0, 0.1) is 0 Å². The van der Waals surface area contributed by atoms with Crippen LogP contribution in [-0.4, -0.2) is 186 Å². The molecule has 0 aliphatic rings. The summed E-state index contributed by atoms with van der Waals surface area (Å²) >= 11 is 0. The van der Waals surface area contributed by atoms with Crippen molar-refractivity contribution in [1.82, 2.24) is 0 Å². The van der Waals surface area contributed by atoms with E-state index in [4.69, 9.17) is 73.6 Å². The summed E-state index contributed by atoms with van der Waals surface area (Å²) in [6.07, 6.45) is -1.02. The predicted octanol–water partition coefficient (Wildman–Crippen LogP) is 5.06. The summed E-state index contributed by atoms with van der Waals surface area (Å²) in [5.74, 6) is 0. The van der Waals surface area contributed by atoms with E-state index in [1.54, 1.807) is 0 Å². The van der Waals surface area contributed by atoms with Crippen LogP contribution >= 0.6 is 0 Å². The van der Waals surface area contributed by atoms with Crippen LogP contribution < -0.4 is 0 Å². The fourth-order valence-corrected chi connectivity index (χ4v) is 2.54. The monoisotopic (exact) mass is 791 g/mol. The molecule has 0 amide bonds. The minimum atomic E-state index is -0.370. The Kier molecular flexibility index (Phi) is 186. The van der Waals surface area contributed by atoms with E-state index in [1.165, 1.54) is 0 Å². The summed E-state index contributed by atoms with van der Waals surface area (Å²) in [6.45, 7) is 2.49. The first-order chi connectivity index (χ1) is 18.6. The fourth-order valence-electron chi connectivity index (χ4n) is 2.54. The zero-order valence-electron chi connectivity index (χ0n) is 22.3. The lowest BCUT2D eigenvalue weighted by atomic mass is 10.3. The molecule has 0 aromatic heterocycles. The van der Waals surface area contributed by atoms with E-state index in [2.05, 4.69) is 0 Å². The Balaban J connectivity index is -0.0000000292. The Morgan fingerprint density at radius 3 is 0.538 bits per heavy atom. The number of aliphatic hydroxyl groups is 7.